The summed E-state index contributed by atoms with van der Waals surface area (Å²) in [6.07, 6.45) is 2.53. The topological polar surface area (TPSA) is 65.1 Å². The van der Waals surface area contributed by atoms with Gasteiger partial charge in [0, 0.05) is 18.3 Å². The minimum absolute atomic E-state index is 0.149. The SMILES string of the molecule is CCOC(=O)[C@H](Cc1ccc(OCC)cc1)N(CCCCCBr)C(=O)OCc1ccccc1. The van der Waals surface area contributed by atoms with Crippen LogP contribution in [0.2, 0.25) is 0 Å². The summed E-state index contributed by atoms with van der Waals surface area (Å²) in [5.74, 6) is 0.339. The van der Waals surface area contributed by atoms with E-state index in [0.29, 0.717) is 19.6 Å². The van der Waals surface area contributed by atoms with Crippen molar-refractivity contribution in [3.05, 3.63) is 65.7 Å². The molecule has 0 unspecified atom stereocenters. The molecule has 0 heterocycles. The molecule has 180 valence electrons. The third-order valence-corrected chi connectivity index (χ3v) is 5.63. The number of carbonyl (C=O) groups excluding carboxylic acids is 2. The number of esters is 1. The maximum absolute atomic E-state index is 13.1. The number of halogens is 1. The molecule has 1 atom stereocenters. The zero-order valence-electron chi connectivity index (χ0n) is 19.5. The highest BCUT2D eigenvalue weighted by Crippen LogP contribution is 2.18. The predicted molar refractivity (Wildman–Crippen MR) is 133 cm³/mol. The van der Waals surface area contributed by atoms with Crippen molar-refractivity contribution in [2.45, 2.75) is 52.2 Å². The minimum Gasteiger partial charge on any atom is -0.494 e. The zero-order valence-corrected chi connectivity index (χ0v) is 21.1. The minimum atomic E-state index is -0.768. The molecule has 7 heteroatoms. The van der Waals surface area contributed by atoms with Crippen molar-refractivity contribution < 1.29 is 23.8 Å². The third-order valence-electron chi connectivity index (χ3n) is 5.07. The van der Waals surface area contributed by atoms with Crippen LogP contribution in [0.25, 0.3) is 0 Å². The average molecular weight is 520 g/mol. The molecule has 0 bridgehead atoms. The lowest BCUT2D eigenvalue weighted by atomic mass is 10.0. The quantitative estimate of drug-likeness (QED) is 0.180. The summed E-state index contributed by atoms with van der Waals surface area (Å²) in [5, 5.41) is 0.902. The van der Waals surface area contributed by atoms with Gasteiger partial charge in [0.05, 0.1) is 13.2 Å². The van der Waals surface area contributed by atoms with E-state index in [1.54, 1.807) is 6.92 Å². The Morgan fingerprint density at radius 1 is 0.879 bits per heavy atom. The van der Waals surface area contributed by atoms with Crippen LogP contribution < -0.4 is 4.74 Å². The van der Waals surface area contributed by atoms with E-state index in [-0.39, 0.29) is 13.2 Å². The second-order valence-corrected chi connectivity index (χ2v) is 8.33. The van der Waals surface area contributed by atoms with Gasteiger partial charge >= 0.3 is 12.1 Å². The van der Waals surface area contributed by atoms with Crippen LogP contribution in [0.3, 0.4) is 0 Å². The van der Waals surface area contributed by atoms with Gasteiger partial charge in [-0.3, -0.25) is 4.90 Å². The monoisotopic (exact) mass is 519 g/mol. The molecule has 2 aromatic rings. The van der Waals surface area contributed by atoms with Crippen LogP contribution in [-0.2, 0) is 27.3 Å². The van der Waals surface area contributed by atoms with Crippen LogP contribution in [-0.4, -0.2) is 48.1 Å². The van der Waals surface area contributed by atoms with E-state index in [9.17, 15) is 9.59 Å². The molecule has 0 aliphatic rings. The normalized spacial score (nSPS) is 11.5. The molecule has 0 N–H and O–H groups in total. The second-order valence-electron chi connectivity index (χ2n) is 7.53. The lowest BCUT2D eigenvalue weighted by molar-refractivity contribution is -0.149. The van der Waals surface area contributed by atoms with Crippen molar-refractivity contribution >= 4 is 28.0 Å². The van der Waals surface area contributed by atoms with E-state index in [1.807, 2.05) is 61.5 Å². The Morgan fingerprint density at radius 2 is 1.61 bits per heavy atom. The maximum atomic E-state index is 13.1. The van der Waals surface area contributed by atoms with Crippen LogP contribution in [0.4, 0.5) is 4.79 Å². The summed E-state index contributed by atoms with van der Waals surface area (Å²) < 4.78 is 16.4. The van der Waals surface area contributed by atoms with Gasteiger partial charge in [0.15, 0.2) is 0 Å². The Kier molecular flexibility index (Phi) is 12.4. The number of nitrogens with zero attached hydrogens (tertiary/aromatic N) is 1. The van der Waals surface area contributed by atoms with E-state index >= 15 is 0 Å². The van der Waals surface area contributed by atoms with Crippen LogP contribution in [0.1, 0.15) is 44.2 Å². The molecular formula is C26H34BrNO5. The number of rotatable bonds is 14. The Bertz CT molecular complexity index is 828. The number of amides is 1. The largest absolute Gasteiger partial charge is 0.494 e. The highest BCUT2D eigenvalue weighted by atomic mass is 79.9. The molecule has 0 saturated heterocycles. The zero-order chi connectivity index (χ0) is 23.9. The lowest BCUT2D eigenvalue weighted by Crippen LogP contribution is -2.48. The summed E-state index contributed by atoms with van der Waals surface area (Å²) >= 11 is 3.44. The van der Waals surface area contributed by atoms with Gasteiger partial charge in [-0.15, -0.1) is 0 Å². The Hall–Kier alpha value is -2.54. The standard InChI is InChI=1S/C26H34BrNO5/c1-3-31-23-15-13-21(14-16-23)19-24(25(29)32-4-2)28(18-10-6-9-17-27)26(30)33-20-22-11-7-5-8-12-22/h5,7-8,11-16,24H,3-4,6,9-10,17-20H2,1-2H3/t24-/m0/s1. The summed E-state index contributed by atoms with van der Waals surface area (Å²) in [4.78, 5) is 27.6. The van der Waals surface area contributed by atoms with Gasteiger partial charge in [0.25, 0.3) is 0 Å². The molecule has 33 heavy (non-hydrogen) atoms. The molecule has 0 spiro atoms. The summed E-state index contributed by atoms with van der Waals surface area (Å²) in [7, 11) is 0. The first kappa shape index (κ1) is 26.7. The molecule has 0 radical (unpaired) electrons. The summed E-state index contributed by atoms with van der Waals surface area (Å²) in [6.45, 7) is 5.09. The molecule has 0 aliphatic heterocycles. The number of hydrogen-bond donors (Lipinski definition) is 0. The Labute approximate surface area is 205 Å². The van der Waals surface area contributed by atoms with E-state index in [4.69, 9.17) is 14.2 Å². The number of unbranched alkanes of at least 4 members (excludes halogenated alkanes) is 2. The Balaban J connectivity index is 2.20. The fourth-order valence-electron chi connectivity index (χ4n) is 3.40. The highest BCUT2D eigenvalue weighted by molar-refractivity contribution is 9.09. The number of benzene rings is 2. The second kappa shape index (κ2) is 15.3. The number of carbonyl (C=O) groups is 2. The fraction of sp³-hybridized carbons (Fsp3) is 0.462. The molecule has 0 aliphatic carbocycles. The predicted octanol–water partition coefficient (Wildman–Crippen LogP) is 5.76. The lowest BCUT2D eigenvalue weighted by Gasteiger charge is -2.30. The first-order chi connectivity index (χ1) is 16.1. The van der Waals surface area contributed by atoms with E-state index in [0.717, 1.165) is 41.5 Å². The first-order valence-corrected chi connectivity index (χ1v) is 12.6. The molecule has 0 fully saturated rings. The summed E-state index contributed by atoms with van der Waals surface area (Å²) in [6, 6.07) is 16.3. The molecular weight excluding hydrogens is 486 g/mol. The number of ether oxygens (including phenoxy) is 3. The van der Waals surface area contributed by atoms with E-state index in [2.05, 4.69) is 15.9 Å². The van der Waals surface area contributed by atoms with Crippen molar-refractivity contribution in [1.29, 1.82) is 0 Å². The van der Waals surface area contributed by atoms with Gasteiger partial charge in [-0.2, -0.15) is 0 Å². The van der Waals surface area contributed by atoms with Gasteiger partial charge in [-0.25, -0.2) is 9.59 Å². The number of alkyl halides is 1. The van der Waals surface area contributed by atoms with Crippen molar-refractivity contribution in [3.63, 3.8) is 0 Å². The molecule has 2 aromatic carbocycles. The highest BCUT2D eigenvalue weighted by Gasteiger charge is 2.32. The van der Waals surface area contributed by atoms with Gasteiger partial charge in [0.1, 0.15) is 18.4 Å². The number of hydrogen-bond acceptors (Lipinski definition) is 5. The van der Waals surface area contributed by atoms with Gasteiger partial charge in [-0.1, -0.05) is 64.8 Å². The van der Waals surface area contributed by atoms with Crippen LogP contribution in [0.15, 0.2) is 54.6 Å². The maximum Gasteiger partial charge on any atom is 0.410 e. The molecule has 1 amide bonds. The van der Waals surface area contributed by atoms with Crippen molar-refractivity contribution in [1.82, 2.24) is 4.90 Å². The van der Waals surface area contributed by atoms with Crippen LogP contribution >= 0.6 is 15.9 Å². The average Bonchev–Trinajstić information content (AvgIpc) is 2.83. The fourth-order valence-corrected chi connectivity index (χ4v) is 3.80. The molecule has 2 rings (SSSR count). The third kappa shape index (κ3) is 9.46. The van der Waals surface area contributed by atoms with Gasteiger partial charge < -0.3 is 14.2 Å². The van der Waals surface area contributed by atoms with Gasteiger partial charge in [-0.05, 0) is 49.9 Å². The first-order valence-electron chi connectivity index (χ1n) is 11.5. The molecule has 6 nitrogen and oxygen atoms in total. The van der Waals surface area contributed by atoms with Crippen molar-refractivity contribution in [2.75, 3.05) is 25.1 Å². The Morgan fingerprint density at radius 3 is 2.24 bits per heavy atom. The smallest absolute Gasteiger partial charge is 0.410 e. The van der Waals surface area contributed by atoms with Crippen molar-refractivity contribution in [3.8, 4) is 5.75 Å². The molecule has 0 aromatic heterocycles. The van der Waals surface area contributed by atoms with E-state index < -0.39 is 18.1 Å². The molecule has 0 saturated carbocycles. The van der Waals surface area contributed by atoms with Crippen LogP contribution in [0, 0.1) is 0 Å². The summed E-state index contributed by atoms with van der Waals surface area (Å²) in [5.41, 5.74) is 1.81. The van der Waals surface area contributed by atoms with Crippen molar-refractivity contribution in [2.24, 2.45) is 0 Å². The van der Waals surface area contributed by atoms with E-state index in [1.165, 1.54) is 4.90 Å². The van der Waals surface area contributed by atoms with Crippen LogP contribution in [0.5, 0.6) is 5.75 Å². The van der Waals surface area contributed by atoms with Gasteiger partial charge in [0.2, 0.25) is 0 Å².